The van der Waals surface area contributed by atoms with Gasteiger partial charge in [-0.2, -0.15) is 0 Å². The zero-order valence-corrected chi connectivity index (χ0v) is 68.6. The molecule has 0 radical (unpaired) electrons. The van der Waals surface area contributed by atoms with Crippen LogP contribution in [0.5, 0.6) is 23.0 Å². The molecule has 2 heterocycles. The van der Waals surface area contributed by atoms with Crippen molar-refractivity contribution in [3.8, 4) is 23.0 Å². The number of hydrogen-bond donors (Lipinski definition) is 0. The second-order valence-corrected chi connectivity index (χ2v) is 41.9. The molecule has 0 bridgehead atoms. The summed E-state index contributed by atoms with van der Waals surface area (Å²) < 4.78 is 71.5. The van der Waals surface area contributed by atoms with Crippen molar-refractivity contribution in [3.05, 3.63) is 338 Å². The molecule has 0 aromatic heterocycles. The van der Waals surface area contributed by atoms with Crippen LogP contribution in [0.3, 0.4) is 0 Å². The third-order valence-corrected chi connectivity index (χ3v) is 27.8. The standard InChI is InChI=1S/2C39H32OP2.3CHCl3.Cu.F6P/c2*1-39(2)33-25-15-27-35(41(29-17-7-3-8-18-29)30-19-9-4-10-20-30)37(33)40-38-34(39)26-16-28-36(38)42(31-21-11-5-12-22-31)32-23-13-6-14-24-32;3*2-1(3)4;;1-7(2,3,4,5)6/h2*3-28H,1-2H3;3*1H;;/q;;;;;+1;-1/p+4. The largest absolute Gasteiger partial charge is 1.00 e. The van der Waals surface area contributed by atoms with Crippen LogP contribution in [0.25, 0.3) is 0 Å². The second-order valence-electron chi connectivity index (χ2n) is 24.3. The summed E-state index contributed by atoms with van der Waals surface area (Å²) in [6.07, 6.45) is 0. The number of rotatable bonds is 12. The van der Waals surface area contributed by atoms with E-state index in [2.05, 4.69) is 343 Å². The molecule has 2 nitrogen and oxygen atoms in total. The fourth-order valence-corrected chi connectivity index (χ4v) is 23.3. The van der Waals surface area contributed by atoms with Gasteiger partial charge < -0.3 is 9.47 Å². The Morgan fingerprint density at radius 1 is 0.240 bits per heavy atom. The molecule has 544 valence electrons. The van der Waals surface area contributed by atoms with Gasteiger partial charge in [-0.3, -0.25) is 0 Å². The summed E-state index contributed by atoms with van der Waals surface area (Å²) in [6, 6.07) is 115. The first-order chi connectivity index (χ1) is 48.9. The average molecular weight is 1730 g/mol. The number of ether oxygens (including phenoxy) is 2. The van der Waals surface area contributed by atoms with Gasteiger partial charge in [0.15, 0.2) is 35.9 Å². The maximum absolute atomic E-state index is 10.7. The molecular formula is C81H71Cl9CuF6O2P5+4. The van der Waals surface area contributed by atoms with Gasteiger partial charge in [0.2, 0.25) is 0 Å². The topological polar surface area (TPSA) is 18.5 Å². The van der Waals surface area contributed by atoms with E-state index in [4.69, 9.17) is 114 Å². The maximum atomic E-state index is 9.87. The van der Waals surface area contributed by atoms with E-state index in [-0.39, 0.29) is 27.9 Å². The van der Waals surface area contributed by atoms with Crippen LogP contribution < -0.4 is 73.1 Å². The quantitative estimate of drug-likeness (QED) is 0.0525. The van der Waals surface area contributed by atoms with Gasteiger partial charge >= 0.3 is 50.1 Å². The number of benzene rings is 12. The van der Waals surface area contributed by atoms with Crippen LogP contribution in [0, 0.1) is 0 Å². The molecule has 2 aliphatic rings. The predicted molar refractivity (Wildman–Crippen MR) is 448 cm³/mol. The molecule has 0 amide bonds. The summed E-state index contributed by atoms with van der Waals surface area (Å²) >= 11 is 43.3. The Balaban J connectivity index is 0.000000210. The molecule has 14 rings (SSSR count). The minimum atomic E-state index is -10.7. The van der Waals surface area contributed by atoms with Crippen molar-refractivity contribution < 1.29 is 51.7 Å². The summed E-state index contributed by atoms with van der Waals surface area (Å²) in [5.41, 5.74) is 4.60. The minimum absolute atomic E-state index is 0. The second kappa shape index (κ2) is 37.5. The number of hydrogen-bond acceptors (Lipinski definition) is 2. The molecule has 0 N–H and O–H groups in total. The van der Waals surface area contributed by atoms with Gasteiger partial charge in [0, 0.05) is 33.1 Å². The van der Waals surface area contributed by atoms with Crippen molar-refractivity contribution >= 4 is 208 Å². The Kier molecular flexibility index (Phi) is 30.5. The zero-order chi connectivity index (χ0) is 74.2. The first-order valence-electron chi connectivity index (χ1n) is 32.1. The summed E-state index contributed by atoms with van der Waals surface area (Å²) in [5, 5.41) is 16.1. The molecule has 23 heteroatoms. The van der Waals surface area contributed by atoms with Gasteiger partial charge in [0.05, 0.1) is 0 Å². The number of halogens is 15. The molecule has 2 aliphatic heterocycles. The monoisotopic (exact) mass is 1720 g/mol. The van der Waals surface area contributed by atoms with E-state index in [1.54, 1.807) is 0 Å². The SMILES string of the molecule is CC1(C)c2cccc([PH+](c3ccccc3)c3ccccc3)c2Oc2c([PH+](c3ccccc3)c3ccccc3)cccc21.CC1(C)c2cccc([PH+](c3ccccc3)c3ccccc3)c2Oc2c([PH+](c3ccccc3)c3ccccc3)cccc21.ClC(Cl)Cl.ClC(Cl)Cl.ClC(Cl)Cl.F[P-](F)(F)(F)(F)F.[Cu+]. The molecule has 0 atom stereocenters. The van der Waals surface area contributed by atoms with Crippen molar-refractivity contribution in [1.82, 2.24) is 0 Å². The molecule has 0 saturated heterocycles. The molecule has 0 unspecified atom stereocenters. The Bertz CT molecular complexity index is 3950. The summed E-state index contributed by atoms with van der Waals surface area (Å²) in [4.78, 5) is 0. The molecule has 0 saturated carbocycles. The average Bonchev–Trinajstić information content (AvgIpc) is 0.726. The molecule has 104 heavy (non-hydrogen) atoms. The van der Waals surface area contributed by atoms with E-state index in [9.17, 15) is 25.2 Å². The van der Waals surface area contributed by atoms with Crippen LogP contribution in [0.4, 0.5) is 25.2 Å². The van der Waals surface area contributed by atoms with Gasteiger partial charge in [0.25, 0.3) is 0 Å². The Morgan fingerprint density at radius 3 is 0.490 bits per heavy atom. The number of para-hydroxylation sites is 4. The van der Waals surface area contributed by atoms with Crippen LogP contribution in [0.1, 0.15) is 49.9 Å². The first-order valence-corrected chi connectivity index (χ1v) is 44.0. The molecule has 12 aromatic carbocycles. The fourth-order valence-electron chi connectivity index (χ4n) is 12.6. The van der Waals surface area contributed by atoms with Gasteiger partial charge in [-0.15, -0.1) is 0 Å². The van der Waals surface area contributed by atoms with Crippen molar-refractivity contribution in [2.75, 3.05) is 0 Å². The Hall–Kier alpha value is -4.90. The molecule has 0 fully saturated rings. The van der Waals surface area contributed by atoms with Crippen LogP contribution in [0.15, 0.2) is 315 Å². The Morgan fingerprint density at radius 2 is 0.365 bits per heavy atom. The van der Waals surface area contributed by atoms with Crippen LogP contribution >= 0.6 is 144 Å². The number of alkyl halides is 9. The fraction of sp³-hybridized carbons (Fsp3) is 0.111. The van der Waals surface area contributed by atoms with E-state index in [1.165, 1.54) is 85.9 Å². The van der Waals surface area contributed by atoms with E-state index in [1.807, 2.05) is 0 Å². The maximum Gasteiger partial charge on any atom is 1.00 e. The summed E-state index contributed by atoms with van der Waals surface area (Å²) in [5.74, 6) is 4.14. The third-order valence-electron chi connectivity index (χ3n) is 16.7. The van der Waals surface area contributed by atoms with Gasteiger partial charge in [-0.05, 0) is 121 Å². The van der Waals surface area contributed by atoms with Gasteiger partial charge in [-0.1, -0.05) is 326 Å². The van der Waals surface area contributed by atoms with E-state index < -0.39 is 52.4 Å². The zero-order valence-electron chi connectivity index (χ0n) is 56.0. The molecule has 0 aliphatic carbocycles. The van der Waals surface area contributed by atoms with Crippen molar-refractivity contribution in [3.63, 3.8) is 0 Å². The van der Waals surface area contributed by atoms with Gasteiger partial charge in [0.1, 0.15) is 95.3 Å². The van der Waals surface area contributed by atoms with E-state index in [0.29, 0.717) is 0 Å². The van der Waals surface area contributed by atoms with Crippen LogP contribution in [0.2, 0.25) is 0 Å². The normalized spacial score (nSPS) is 13.4. The van der Waals surface area contributed by atoms with Crippen LogP contribution in [-0.4, -0.2) is 12.9 Å². The molecular weight excluding hydrogens is 1660 g/mol. The van der Waals surface area contributed by atoms with Gasteiger partial charge in [-0.25, -0.2) is 0 Å². The third kappa shape index (κ3) is 23.6. The van der Waals surface area contributed by atoms with E-state index in [0.717, 1.165) is 23.0 Å². The predicted octanol–water partition coefficient (Wildman–Crippen LogP) is 23.5. The smallest absolute Gasteiger partial charge is 1.00 e. The summed E-state index contributed by atoms with van der Waals surface area (Å²) in [7, 11) is -15.9. The van der Waals surface area contributed by atoms with Crippen molar-refractivity contribution in [1.29, 1.82) is 0 Å². The molecule has 12 aromatic rings. The van der Waals surface area contributed by atoms with E-state index >= 15 is 0 Å². The molecule has 0 spiro atoms. The number of fused-ring (bicyclic) bond motifs is 4. The minimum Gasteiger partial charge on any atom is 1.00 e. The van der Waals surface area contributed by atoms with Crippen molar-refractivity contribution in [2.45, 2.75) is 51.4 Å². The van der Waals surface area contributed by atoms with Crippen LogP contribution in [-0.2, 0) is 27.9 Å². The first kappa shape index (κ1) is 84.7. The summed E-state index contributed by atoms with van der Waals surface area (Å²) in [6.45, 7) is 9.43. The van der Waals surface area contributed by atoms with Crippen molar-refractivity contribution in [2.24, 2.45) is 0 Å². The Labute approximate surface area is 665 Å².